The highest BCUT2D eigenvalue weighted by Gasteiger charge is 2.15. The van der Waals surface area contributed by atoms with E-state index < -0.39 is 0 Å². The lowest BCUT2D eigenvalue weighted by atomic mass is 10.1. The van der Waals surface area contributed by atoms with Crippen molar-refractivity contribution in [2.45, 2.75) is 5.16 Å². The number of rotatable bonds is 7. The van der Waals surface area contributed by atoms with Gasteiger partial charge in [0.2, 0.25) is 5.91 Å². The molecule has 0 saturated carbocycles. The molecule has 0 unspecified atom stereocenters. The average molecular weight is 450 g/mol. The molecule has 0 saturated heterocycles. The highest BCUT2D eigenvalue weighted by Crippen LogP contribution is 2.31. The molecule has 7 heteroatoms. The van der Waals surface area contributed by atoms with Gasteiger partial charge in [-0.2, -0.15) is 0 Å². The van der Waals surface area contributed by atoms with E-state index in [1.807, 2.05) is 60.8 Å². The fraction of sp³-hybridized carbons (Fsp3) is 0.0833. The Morgan fingerprint density at radius 1 is 1.06 bits per heavy atom. The number of methoxy groups -OCH3 is 1. The number of nitrogens with one attached hydrogen (secondary N) is 1. The van der Waals surface area contributed by atoms with Gasteiger partial charge >= 0.3 is 0 Å². The standard InChI is InChI=1S/C24H20ClN3O2S/c1-30-21-12-10-17(11-13-21)22-15-26-24(28(22)20-8-3-2-4-9-20)31-16-23(29)27-19-7-5-6-18(25)14-19/h2-15H,16H2,1H3,(H,27,29). The van der Waals surface area contributed by atoms with Gasteiger partial charge in [-0.3, -0.25) is 9.36 Å². The zero-order chi connectivity index (χ0) is 21.6. The summed E-state index contributed by atoms with van der Waals surface area (Å²) in [7, 11) is 1.65. The van der Waals surface area contributed by atoms with E-state index in [0.717, 1.165) is 27.9 Å². The fourth-order valence-electron chi connectivity index (χ4n) is 3.12. The van der Waals surface area contributed by atoms with E-state index in [-0.39, 0.29) is 11.7 Å². The number of carbonyl (C=O) groups excluding carboxylic acids is 1. The number of ether oxygens (including phenoxy) is 1. The van der Waals surface area contributed by atoms with E-state index in [0.29, 0.717) is 10.7 Å². The van der Waals surface area contributed by atoms with Crippen LogP contribution < -0.4 is 10.1 Å². The minimum absolute atomic E-state index is 0.124. The van der Waals surface area contributed by atoms with Gasteiger partial charge in [0.25, 0.3) is 0 Å². The summed E-state index contributed by atoms with van der Waals surface area (Å²) in [4.78, 5) is 17.1. The molecule has 5 nitrogen and oxygen atoms in total. The molecule has 0 atom stereocenters. The monoisotopic (exact) mass is 449 g/mol. The van der Waals surface area contributed by atoms with Crippen molar-refractivity contribution in [2.75, 3.05) is 18.2 Å². The molecule has 1 N–H and O–H groups in total. The minimum Gasteiger partial charge on any atom is -0.497 e. The van der Waals surface area contributed by atoms with Crippen molar-refractivity contribution >= 4 is 35.0 Å². The van der Waals surface area contributed by atoms with Gasteiger partial charge in [-0.25, -0.2) is 4.98 Å². The number of aromatic nitrogens is 2. The second-order valence-electron chi connectivity index (χ2n) is 6.67. The summed E-state index contributed by atoms with van der Waals surface area (Å²) in [5, 5.41) is 4.18. The molecule has 0 aliphatic carbocycles. The predicted molar refractivity (Wildman–Crippen MR) is 126 cm³/mol. The molecule has 0 aliphatic rings. The normalized spacial score (nSPS) is 10.6. The molecule has 0 bridgehead atoms. The number of benzene rings is 3. The minimum atomic E-state index is -0.124. The Balaban J connectivity index is 1.58. The summed E-state index contributed by atoms with van der Waals surface area (Å²) in [5.74, 6) is 0.890. The number of thioether (sulfide) groups is 1. The summed E-state index contributed by atoms with van der Waals surface area (Å²) in [5.41, 5.74) is 3.59. The largest absolute Gasteiger partial charge is 0.497 e. The van der Waals surface area contributed by atoms with Gasteiger partial charge in [0.1, 0.15) is 5.75 Å². The molecule has 4 aromatic rings. The van der Waals surface area contributed by atoms with Gasteiger partial charge in [-0.15, -0.1) is 0 Å². The molecule has 0 spiro atoms. The summed E-state index contributed by atoms with van der Waals surface area (Å²) >= 11 is 7.37. The Labute approximate surface area is 190 Å². The zero-order valence-electron chi connectivity index (χ0n) is 16.8. The molecular weight excluding hydrogens is 430 g/mol. The second kappa shape index (κ2) is 9.73. The van der Waals surface area contributed by atoms with Crippen LogP contribution in [0.2, 0.25) is 5.02 Å². The molecule has 4 rings (SSSR count). The first-order valence-electron chi connectivity index (χ1n) is 9.60. The average Bonchev–Trinajstić information content (AvgIpc) is 3.22. The van der Waals surface area contributed by atoms with Gasteiger partial charge in [0.15, 0.2) is 5.16 Å². The lowest BCUT2D eigenvalue weighted by Crippen LogP contribution is -2.14. The number of nitrogens with zero attached hydrogens (tertiary/aromatic N) is 2. The molecule has 0 fully saturated rings. The molecule has 3 aromatic carbocycles. The third kappa shape index (κ3) is 5.10. The first kappa shape index (κ1) is 21.0. The molecule has 1 amide bonds. The smallest absolute Gasteiger partial charge is 0.234 e. The topological polar surface area (TPSA) is 56.1 Å². The van der Waals surface area contributed by atoms with Crippen molar-refractivity contribution in [3.63, 3.8) is 0 Å². The Kier molecular flexibility index (Phi) is 6.60. The van der Waals surface area contributed by atoms with Gasteiger partial charge in [0, 0.05) is 22.0 Å². The SMILES string of the molecule is COc1ccc(-c2cnc(SCC(=O)Nc3cccc(Cl)c3)n2-c2ccccc2)cc1. The second-order valence-corrected chi connectivity index (χ2v) is 8.05. The lowest BCUT2D eigenvalue weighted by Gasteiger charge is -2.12. The van der Waals surface area contributed by atoms with Crippen LogP contribution in [0, 0.1) is 0 Å². The summed E-state index contributed by atoms with van der Waals surface area (Å²) in [6, 6.07) is 24.9. The van der Waals surface area contributed by atoms with Crippen LogP contribution in [0.1, 0.15) is 0 Å². The molecule has 1 heterocycles. The fourth-order valence-corrected chi connectivity index (χ4v) is 4.10. The number of halogens is 1. The van der Waals surface area contributed by atoms with Crippen LogP contribution in [0.3, 0.4) is 0 Å². The van der Waals surface area contributed by atoms with Crippen molar-refractivity contribution < 1.29 is 9.53 Å². The Morgan fingerprint density at radius 2 is 1.84 bits per heavy atom. The number of anilines is 1. The van der Waals surface area contributed by atoms with Crippen LogP contribution in [0.4, 0.5) is 5.69 Å². The summed E-state index contributed by atoms with van der Waals surface area (Å²) in [6.45, 7) is 0. The van der Waals surface area contributed by atoms with Crippen molar-refractivity contribution in [3.8, 4) is 22.7 Å². The summed E-state index contributed by atoms with van der Waals surface area (Å²) < 4.78 is 7.32. The van der Waals surface area contributed by atoms with Crippen molar-refractivity contribution in [2.24, 2.45) is 0 Å². The molecule has 31 heavy (non-hydrogen) atoms. The number of hydrogen-bond donors (Lipinski definition) is 1. The van der Waals surface area contributed by atoms with Crippen molar-refractivity contribution in [1.29, 1.82) is 0 Å². The van der Waals surface area contributed by atoms with Crippen LogP contribution in [-0.2, 0) is 4.79 Å². The number of hydrogen-bond acceptors (Lipinski definition) is 4. The van der Waals surface area contributed by atoms with E-state index in [1.54, 1.807) is 31.4 Å². The number of imidazole rings is 1. The Morgan fingerprint density at radius 3 is 2.55 bits per heavy atom. The van der Waals surface area contributed by atoms with Crippen LogP contribution in [0.25, 0.3) is 16.9 Å². The molecule has 1 aromatic heterocycles. The van der Waals surface area contributed by atoms with Gasteiger partial charge < -0.3 is 10.1 Å². The van der Waals surface area contributed by atoms with Crippen molar-refractivity contribution in [1.82, 2.24) is 9.55 Å². The first-order chi connectivity index (χ1) is 15.1. The zero-order valence-corrected chi connectivity index (χ0v) is 18.4. The third-order valence-electron chi connectivity index (χ3n) is 4.57. The Bertz CT molecular complexity index is 1180. The molecule has 156 valence electrons. The molecular formula is C24H20ClN3O2S. The van der Waals surface area contributed by atoms with Gasteiger partial charge in [-0.1, -0.05) is 47.6 Å². The quantitative estimate of drug-likeness (QED) is 0.355. The molecule has 0 radical (unpaired) electrons. The number of para-hydroxylation sites is 1. The molecule has 0 aliphatic heterocycles. The van der Waals surface area contributed by atoms with Crippen molar-refractivity contribution in [3.05, 3.63) is 90.1 Å². The van der Waals surface area contributed by atoms with Crippen LogP contribution in [-0.4, -0.2) is 28.3 Å². The van der Waals surface area contributed by atoms with E-state index in [1.165, 1.54) is 11.8 Å². The highest BCUT2D eigenvalue weighted by molar-refractivity contribution is 7.99. The van der Waals surface area contributed by atoms with E-state index in [9.17, 15) is 4.79 Å². The number of carbonyl (C=O) groups is 1. The van der Waals surface area contributed by atoms with Gasteiger partial charge in [-0.05, 0) is 54.6 Å². The van der Waals surface area contributed by atoms with E-state index >= 15 is 0 Å². The third-order valence-corrected chi connectivity index (χ3v) is 5.76. The van der Waals surface area contributed by atoms with Crippen LogP contribution in [0.5, 0.6) is 5.75 Å². The maximum Gasteiger partial charge on any atom is 0.234 e. The van der Waals surface area contributed by atoms with Crippen LogP contribution in [0.15, 0.2) is 90.2 Å². The predicted octanol–water partition coefficient (Wildman–Crippen LogP) is 5.93. The maximum atomic E-state index is 12.5. The number of amides is 1. The highest BCUT2D eigenvalue weighted by atomic mass is 35.5. The maximum absolute atomic E-state index is 12.5. The van der Waals surface area contributed by atoms with E-state index in [4.69, 9.17) is 16.3 Å². The van der Waals surface area contributed by atoms with Gasteiger partial charge in [0.05, 0.1) is 24.8 Å². The first-order valence-corrected chi connectivity index (χ1v) is 11.0. The summed E-state index contributed by atoms with van der Waals surface area (Å²) in [6.07, 6.45) is 1.83. The van der Waals surface area contributed by atoms with Crippen LogP contribution >= 0.6 is 23.4 Å². The lowest BCUT2D eigenvalue weighted by molar-refractivity contribution is -0.113. The van der Waals surface area contributed by atoms with E-state index in [2.05, 4.69) is 14.9 Å². The Hall–Kier alpha value is -3.22.